The number of rotatable bonds is 8. The van der Waals surface area contributed by atoms with Gasteiger partial charge in [-0.05, 0) is 32.8 Å². The van der Waals surface area contributed by atoms with Crippen molar-refractivity contribution < 1.29 is 28.4 Å². The summed E-state index contributed by atoms with van der Waals surface area (Å²) in [4.78, 5) is 37.2. The highest BCUT2D eigenvalue weighted by molar-refractivity contribution is 5.95. The summed E-state index contributed by atoms with van der Waals surface area (Å²) < 4.78 is 15.6. The van der Waals surface area contributed by atoms with Gasteiger partial charge in [-0.2, -0.15) is 0 Å². The Morgan fingerprint density at radius 1 is 1.16 bits per heavy atom. The van der Waals surface area contributed by atoms with Gasteiger partial charge in [-0.3, -0.25) is 4.79 Å². The third-order valence-corrected chi connectivity index (χ3v) is 4.92. The molecule has 0 radical (unpaired) electrons. The van der Waals surface area contributed by atoms with Crippen molar-refractivity contribution >= 4 is 18.0 Å². The van der Waals surface area contributed by atoms with Crippen LogP contribution in [0.5, 0.6) is 0 Å². The fourth-order valence-electron chi connectivity index (χ4n) is 3.39. The van der Waals surface area contributed by atoms with Gasteiger partial charge in [0.05, 0.1) is 29.6 Å². The van der Waals surface area contributed by atoms with Gasteiger partial charge in [-0.25, -0.2) is 9.59 Å². The van der Waals surface area contributed by atoms with Gasteiger partial charge in [0.2, 0.25) is 0 Å². The number of carbonyl (C=O) groups is 3. The Labute approximate surface area is 179 Å². The molecule has 1 aliphatic rings. The third kappa shape index (κ3) is 5.30. The molecule has 2 heterocycles. The van der Waals surface area contributed by atoms with Crippen LogP contribution in [0.2, 0.25) is 0 Å². The molecule has 1 aromatic carbocycles. The van der Waals surface area contributed by atoms with Crippen molar-refractivity contribution in [2.24, 2.45) is 0 Å². The molecular formula is C22H25N3O6. The monoisotopic (exact) mass is 427 g/mol. The van der Waals surface area contributed by atoms with E-state index in [4.69, 9.17) is 14.0 Å². The van der Waals surface area contributed by atoms with Crippen LogP contribution >= 0.6 is 0 Å². The predicted octanol–water partition coefficient (Wildman–Crippen LogP) is 2.64. The minimum atomic E-state index is -0.718. The molecule has 0 saturated carbocycles. The highest BCUT2D eigenvalue weighted by Gasteiger charge is 2.34. The van der Waals surface area contributed by atoms with Gasteiger partial charge in [-0.15, -0.1) is 0 Å². The maximum atomic E-state index is 12.7. The number of hydrogen-bond acceptors (Lipinski definition) is 7. The van der Waals surface area contributed by atoms with E-state index in [2.05, 4.69) is 15.8 Å². The van der Waals surface area contributed by atoms with Crippen molar-refractivity contribution in [3.63, 3.8) is 0 Å². The van der Waals surface area contributed by atoms with E-state index in [1.165, 1.54) is 0 Å². The molecule has 0 saturated heterocycles. The molecule has 2 amide bonds. The van der Waals surface area contributed by atoms with Crippen LogP contribution in [0.4, 0.5) is 4.79 Å². The van der Waals surface area contributed by atoms with Gasteiger partial charge in [0.15, 0.2) is 0 Å². The van der Waals surface area contributed by atoms with E-state index < -0.39 is 24.0 Å². The lowest BCUT2D eigenvalue weighted by atomic mass is 9.95. The zero-order valence-electron chi connectivity index (χ0n) is 17.7. The van der Waals surface area contributed by atoms with Crippen molar-refractivity contribution in [3.8, 4) is 0 Å². The number of esters is 2. The van der Waals surface area contributed by atoms with Gasteiger partial charge in [0.1, 0.15) is 12.4 Å². The number of benzene rings is 1. The summed E-state index contributed by atoms with van der Waals surface area (Å²) in [6.45, 7) is 5.19. The van der Waals surface area contributed by atoms with Crippen LogP contribution in [0.1, 0.15) is 42.0 Å². The second kappa shape index (κ2) is 9.92. The molecule has 3 rings (SSSR count). The highest BCUT2D eigenvalue weighted by atomic mass is 16.5. The molecule has 0 aliphatic carbocycles. The molecule has 9 heteroatoms. The molecule has 1 aromatic heterocycles. The molecule has 1 atom stereocenters. The highest BCUT2D eigenvalue weighted by Crippen LogP contribution is 2.28. The summed E-state index contributed by atoms with van der Waals surface area (Å²) in [5, 5.41) is 9.17. The molecule has 2 aromatic rings. The maximum absolute atomic E-state index is 12.7. The Bertz CT molecular complexity index is 976. The van der Waals surface area contributed by atoms with Crippen molar-refractivity contribution in [1.29, 1.82) is 0 Å². The zero-order chi connectivity index (χ0) is 22.4. The van der Waals surface area contributed by atoms with Crippen molar-refractivity contribution in [1.82, 2.24) is 15.8 Å². The standard InChI is InChI=1S/C22H25N3O6/c1-4-29-21(27)19-17(23-22(28)24-20(19)15-8-6-5-7-9-15)12-30-18(26)11-10-16-13(2)25-31-14(16)3/h5-9,20H,4,10-12H2,1-3H3,(H2,23,24,28)/t20-/m1/s1. The molecule has 1 aliphatic heterocycles. The van der Waals surface area contributed by atoms with Crippen LogP contribution in [-0.4, -0.2) is 36.3 Å². The van der Waals surface area contributed by atoms with Crippen molar-refractivity contribution in [3.05, 3.63) is 64.2 Å². The summed E-state index contributed by atoms with van der Waals surface area (Å²) in [6, 6.07) is 7.82. The number of aromatic nitrogens is 1. The second-order valence-corrected chi connectivity index (χ2v) is 7.02. The van der Waals surface area contributed by atoms with Gasteiger partial charge in [0, 0.05) is 12.0 Å². The van der Waals surface area contributed by atoms with Crippen LogP contribution in [0.15, 0.2) is 46.1 Å². The average Bonchev–Trinajstić information content (AvgIpc) is 3.08. The number of hydrogen-bond donors (Lipinski definition) is 2. The number of nitrogens with one attached hydrogen (secondary N) is 2. The molecule has 0 spiro atoms. The van der Waals surface area contributed by atoms with Crippen LogP contribution in [0.3, 0.4) is 0 Å². The first kappa shape index (κ1) is 22.1. The number of carbonyl (C=O) groups excluding carboxylic acids is 3. The second-order valence-electron chi connectivity index (χ2n) is 7.02. The molecule has 2 N–H and O–H groups in total. The molecular weight excluding hydrogens is 402 g/mol. The molecule has 164 valence electrons. The van der Waals surface area contributed by atoms with Crippen LogP contribution < -0.4 is 10.6 Å². The first-order valence-electron chi connectivity index (χ1n) is 10.0. The van der Waals surface area contributed by atoms with Crippen molar-refractivity contribution in [2.45, 2.75) is 39.7 Å². The van der Waals surface area contributed by atoms with Gasteiger partial charge < -0.3 is 24.6 Å². The van der Waals surface area contributed by atoms with Crippen LogP contribution in [-0.2, 0) is 25.5 Å². The van der Waals surface area contributed by atoms with E-state index in [-0.39, 0.29) is 30.9 Å². The van der Waals surface area contributed by atoms with Crippen LogP contribution in [0.25, 0.3) is 0 Å². The number of urea groups is 1. The molecule has 31 heavy (non-hydrogen) atoms. The number of aryl methyl sites for hydroxylation is 2. The number of amides is 2. The lowest BCUT2D eigenvalue weighted by Gasteiger charge is -2.29. The Morgan fingerprint density at radius 3 is 2.55 bits per heavy atom. The Kier molecular flexibility index (Phi) is 7.07. The third-order valence-electron chi connectivity index (χ3n) is 4.92. The lowest BCUT2D eigenvalue weighted by molar-refractivity contribution is -0.143. The van der Waals surface area contributed by atoms with E-state index in [9.17, 15) is 14.4 Å². The summed E-state index contributed by atoms with van der Waals surface area (Å²) in [5.41, 5.74) is 2.70. The Morgan fingerprint density at radius 2 is 1.90 bits per heavy atom. The van der Waals surface area contributed by atoms with E-state index in [0.717, 1.165) is 11.3 Å². The topological polar surface area (TPSA) is 120 Å². The predicted molar refractivity (Wildman–Crippen MR) is 110 cm³/mol. The molecule has 9 nitrogen and oxygen atoms in total. The van der Waals surface area contributed by atoms with E-state index in [1.807, 2.05) is 13.0 Å². The summed E-state index contributed by atoms with van der Waals surface area (Å²) >= 11 is 0. The summed E-state index contributed by atoms with van der Waals surface area (Å²) in [5.74, 6) is -0.403. The summed E-state index contributed by atoms with van der Waals surface area (Å²) in [7, 11) is 0. The SMILES string of the molecule is CCOC(=O)C1=C(COC(=O)CCc2c(C)noc2C)NC(=O)N[C@@H]1c1ccccc1. The largest absolute Gasteiger partial charge is 0.463 e. The lowest BCUT2D eigenvalue weighted by Crippen LogP contribution is -2.47. The van der Waals surface area contributed by atoms with Gasteiger partial charge in [0.25, 0.3) is 0 Å². The zero-order valence-corrected chi connectivity index (χ0v) is 17.7. The molecule has 0 fully saturated rings. The van der Waals surface area contributed by atoms with Crippen molar-refractivity contribution in [2.75, 3.05) is 13.2 Å². The smallest absolute Gasteiger partial charge is 0.338 e. The van der Waals surface area contributed by atoms with E-state index in [0.29, 0.717) is 17.7 Å². The average molecular weight is 427 g/mol. The number of nitrogens with zero attached hydrogens (tertiary/aromatic N) is 1. The number of ether oxygens (including phenoxy) is 2. The minimum absolute atomic E-state index is 0.110. The normalized spacial score (nSPS) is 15.8. The Balaban J connectivity index is 1.77. The fourth-order valence-corrected chi connectivity index (χ4v) is 3.39. The Hall–Kier alpha value is -3.62. The van der Waals surface area contributed by atoms with Gasteiger partial charge >= 0.3 is 18.0 Å². The van der Waals surface area contributed by atoms with E-state index in [1.54, 1.807) is 38.1 Å². The molecule has 0 bridgehead atoms. The van der Waals surface area contributed by atoms with E-state index >= 15 is 0 Å². The quantitative estimate of drug-likeness (QED) is 0.622. The summed E-state index contributed by atoms with van der Waals surface area (Å²) in [6.07, 6.45) is 0.531. The van der Waals surface area contributed by atoms with Gasteiger partial charge in [-0.1, -0.05) is 35.5 Å². The molecule has 0 unspecified atom stereocenters. The fraction of sp³-hybridized carbons (Fsp3) is 0.364. The maximum Gasteiger partial charge on any atom is 0.338 e. The minimum Gasteiger partial charge on any atom is -0.463 e. The first-order valence-corrected chi connectivity index (χ1v) is 10.0. The first-order chi connectivity index (χ1) is 14.9. The van der Waals surface area contributed by atoms with Crippen LogP contribution in [0, 0.1) is 13.8 Å².